The summed E-state index contributed by atoms with van der Waals surface area (Å²) in [6.45, 7) is 5.34. The maximum atomic E-state index is 12.8. The van der Waals surface area contributed by atoms with E-state index in [9.17, 15) is 4.79 Å². The first-order valence-corrected chi connectivity index (χ1v) is 8.60. The molecule has 3 N–H and O–H groups in total. The molecule has 0 bridgehead atoms. The van der Waals surface area contributed by atoms with Crippen LogP contribution in [0, 0.1) is 11.3 Å². The second-order valence-electron chi connectivity index (χ2n) is 6.90. The van der Waals surface area contributed by atoms with Gasteiger partial charge < -0.3 is 15.8 Å². The molecule has 1 aliphatic carbocycles. The minimum Gasteiger partial charge on any atom is -0.377 e. The lowest BCUT2D eigenvalue weighted by Crippen LogP contribution is -2.82. The summed E-state index contributed by atoms with van der Waals surface area (Å²) in [6, 6.07) is 7.88. The molecule has 0 spiro atoms. The molecule has 1 saturated heterocycles. The zero-order valence-corrected chi connectivity index (χ0v) is 15.9. The van der Waals surface area contributed by atoms with Crippen LogP contribution in [-0.4, -0.2) is 24.2 Å². The summed E-state index contributed by atoms with van der Waals surface area (Å²) in [5, 5.41) is 3.02. The first-order valence-electron chi connectivity index (χ1n) is 7.81. The van der Waals surface area contributed by atoms with E-state index < -0.39 is 5.54 Å². The van der Waals surface area contributed by atoms with Crippen molar-refractivity contribution < 1.29 is 9.53 Å². The largest absolute Gasteiger partial charge is 0.377 e. The molecule has 23 heavy (non-hydrogen) atoms. The van der Waals surface area contributed by atoms with Gasteiger partial charge in [-0.2, -0.15) is 0 Å². The van der Waals surface area contributed by atoms with Crippen LogP contribution in [0.25, 0.3) is 0 Å². The molecule has 3 unspecified atom stereocenters. The van der Waals surface area contributed by atoms with E-state index in [1.165, 1.54) is 0 Å². The van der Waals surface area contributed by atoms with Crippen LogP contribution >= 0.6 is 28.3 Å². The topological polar surface area (TPSA) is 64.3 Å². The van der Waals surface area contributed by atoms with Crippen LogP contribution in [0.5, 0.6) is 0 Å². The Hall–Kier alpha value is -0.620. The maximum absolute atomic E-state index is 12.8. The van der Waals surface area contributed by atoms with E-state index in [4.69, 9.17) is 10.5 Å². The average Bonchev–Trinajstić information content (AvgIpc) is 2.53. The van der Waals surface area contributed by atoms with Crippen LogP contribution in [0.1, 0.15) is 32.3 Å². The van der Waals surface area contributed by atoms with Gasteiger partial charge in [0.25, 0.3) is 0 Å². The fraction of sp³-hybridized carbons (Fsp3) is 0.588. The fourth-order valence-electron chi connectivity index (χ4n) is 4.00. The van der Waals surface area contributed by atoms with Gasteiger partial charge in [-0.1, -0.05) is 48.0 Å². The number of carbonyl (C=O) groups excluding carboxylic acids is 1. The van der Waals surface area contributed by atoms with E-state index in [0.717, 1.165) is 29.5 Å². The second kappa shape index (κ2) is 6.71. The normalized spacial score (nSPS) is 31.3. The van der Waals surface area contributed by atoms with Gasteiger partial charge in [-0.05, 0) is 24.5 Å². The van der Waals surface area contributed by atoms with Crippen molar-refractivity contribution in [3.63, 3.8) is 0 Å². The minimum atomic E-state index is -0.848. The van der Waals surface area contributed by atoms with E-state index in [2.05, 4.69) is 21.2 Å². The molecule has 3 atom stereocenters. The molecule has 2 fully saturated rings. The Labute approximate surface area is 152 Å². The Morgan fingerprint density at radius 2 is 2.13 bits per heavy atom. The number of nitrogens with one attached hydrogen (secondary N) is 1. The number of halogens is 2. The van der Waals surface area contributed by atoms with Gasteiger partial charge in [-0.25, -0.2) is 0 Å². The summed E-state index contributed by atoms with van der Waals surface area (Å²) in [4.78, 5) is 12.8. The summed E-state index contributed by atoms with van der Waals surface area (Å²) in [7, 11) is 0. The third kappa shape index (κ3) is 2.82. The molecule has 1 aliphatic heterocycles. The molecule has 1 amide bonds. The van der Waals surface area contributed by atoms with Crippen LogP contribution in [0.4, 0.5) is 0 Å². The number of nitrogens with two attached hydrogens (primary N) is 1. The molecule has 3 rings (SSSR count). The lowest BCUT2D eigenvalue weighted by Gasteiger charge is -2.65. The monoisotopic (exact) mass is 402 g/mol. The zero-order valence-electron chi connectivity index (χ0n) is 13.5. The molecule has 2 aliphatic rings. The van der Waals surface area contributed by atoms with E-state index in [-0.39, 0.29) is 35.8 Å². The Balaban J connectivity index is 0.00000192. The highest BCUT2D eigenvalue weighted by molar-refractivity contribution is 9.10. The number of benzene rings is 1. The summed E-state index contributed by atoms with van der Waals surface area (Å²) in [6.07, 6.45) is 2.04. The Morgan fingerprint density at radius 1 is 1.43 bits per heavy atom. The van der Waals surface area contributed by atoms with Crippen LogP contribution < -0.4 is 11.1 Å². The highest BCUT2D eigenvalue weighted by Gasteiger charge is 2.70. The summed E-state index contributed by atoms with van der Waals surface area (Å²) in [5.74, 6) is 0.0514. The number of fused-ring (bicyclic) bond motifs is 1. The van der Waals surface area contributed by atoms with Crippen molar-refractivity contribution >= 4 is 34.2 Å². The molecule has 1 aromatic carbocycles. The third-order valence-corrected chi connectivity index (χ3v) is 6.23. The molecule has 0 radical (unpaired) electrons. The van der Waals surface area contributed by atoms with Crippen LogP contribution in [0.2, 0.25) is 0 Å². The van der Waals surface area contributed by atoms with Gasteiger partial charge in [0.2, 0.25) is 5.91 Å². The first-order chi connectivity index (χ1) is 10.4. The predicted molar refractivity (Wildman–Crippen MR) is 96.4 cm³/mol. The molecular formula is C17H24BrClN2O2. The summed E-state index contributed by atoms with van der Waals surface area (Å²) < 4.78 is 6.85. The van der Waals surface area contributed by atoms with E-state index >= 15 is 0 Å². The lowest BCUT2D eigenvalue weighted by molar-refractivity contribution is -0.225. The van der Waals surface area contributed by atoms with Crippen LogP contribution in [-0.2, 0) is 16.1 Å². The van der Waals surface area contributed by atoms with Crippen LogP contribution in [0.15, 0.2) is 28.7 Å². The highest BCUT2D eigenvalue weighted by Crippen LogP contribution is 2.57. The molecular weight excluding hydrogens is 380 g/mol. The number of ether oxygens (including phenoxy) is 1. The molecule has 6 heteroatoms. The SMILES string of the molecule is CC1(C)C2OCCCC2C1(N)C(=O)NCc1ccccc1Br.Cl. The second-order valence-corrected chi connectivity index (χ2v) is 7.76. The molecule has 1 heterocycles. The summed E-state index contributed by atoms with van der Waals surface area (Å²) in [5.41, 5.74) is 6.44. The number of rotatable bonds is 3. The van der Waals surface area contributed by atoms with Crippen molar-refractivity contribution in [1.82, 2.24) is 5.32 Å². The Kier molecular flexibility index (Phi) is 5.46. The number of amides is 1. The van der Waals surface area contributed by atoms with Gasteiger partial charge in [0.1, 0.15) is 5.54 Å². The maximum Gasteiger partial charge on any atom is 0.241 e. The molecule has 128 valence electrons. The molecule has 1 aromatic rings. The van der Waals surface area contributed by atoms with Gasteiger partial charge >= 0.3 is 0 Å². The Morgan fingerprint density at radius 3 is 2.83 bits per heavy atom. The standard InChI is InChI=1S/C17H23BrN2O2.ClH/c1-16(2)14-12(7-5-9-22-14)17(16,19)15(21)20-10-11-6-3-4-8-13(11)18;/h3-4,6,8,12,14H,5,7,9-10,19H2,1-2H3,(H,20,21);1H. The van der Waals surface area contributed by atoms with Gasteiger partial charge in [0, 0.05) is 29.0 Å². The lowest BCUT2D eigenvalue weighted by atomic mass is 9.46. The number of hydrogen-bond acceptors (Lipinski definition) is 3. The third-order valence-electron chi connectivity index (χ3n) is 5.46. The van der Waals surface area contributed by atoms with Crippen molar-refractivity contribution in [2.24, 2.45) is 17.1 Å². The van der Waals surface area contributed by atoms with Crippen molar-refractivity contribution in [2.45, 2.75) is 44.9 Å². The fourth-order valence-corrected chi connectivity index (χ4v) is 4.43. The zero-order chi connectivity index (χ0) is 16.0. The predicted octanol–water partition coefficient (Wildman–Crippen LogP) is 3.02. The molecule has 4 nitrogen and oxygen atoms in total. The first kappa shape index (κ1) is 18.7. The Bertz CT molecular complexity index is 596. The highest BCUT2D eigenvalue weighted by atomic mass is 79.9. The van der Waals surface area contributed by atoms with Crippen molar-refractivity contribution in [1.29, 1.82) is 0 Å². The van der Waals surface area contributed by atoms with E-state index in [1.807, 2.05) is 38.1 Å². The van der Waals surface area contributed by atoms with Gasteiger partial charge in [0.15, 0.2) is 0 Å². The van der Waals surface area contributed by atoms with Gasteiger partial charge in [-0.3, -0.25) is 4.79 Å². The van der Waals surface area contributed by atoms with Crippen molar-refractivity contribution in [3.8, 4) is 0 Å². The van der Waals surface area contributed by atoms with Gasteiger partial charge in [0.05, 0.1) is 6.10 Å². The smallest absolute Gasteiger partial charge is 0.241 e. The van der Waals surface area contributed by atoms with Crippen molar-refractivity contribution in [3.05, 3.63) is 34.3 Å². The van der Waals surface area contributed by atoms with Crippen LogP contribution in [0.3, 0.4) is 0 Å². The number of carbonyl (C=O) groups is 1. The molecule has 0 aromatic heterocycles. The van der Waals surface area contributed by atoms with E-state index in [1.54, 1.807) is 0 Å². The average molecular weight is 404 g/mol. The van der Waals surface area contributed by atoms with Crippen molar-refractivity contribution in [2.75, 3.05) is 6.61 Å². The summed E-state index contributed by atoms with van der Waals surface area (Å²) >= 11 is 3.50. The molecule has 1 saturated carbocycles. The van der Waals surface area contributed by atoms with Gasteiger partial charge in [-0.15, -0.1) is 12.4 Å². The number of hydrogen-bond donors (Lipinski definition) is 2. The van der Waals surface area contributed by atoms with E-state index in [0.29, 0.717) is 6.54 Å². The quantitative estimate of drug-likeness (QED) is 0.815. The minimum absolute atomic E-state index is 0.